The van der Waals surface area contributed by atoms with E-state index in [1.807, 2.05) is 6.92 Å². The molecule has 2 aliphatic rings. The van der Waals surface area contributed by atoms with Crippen molar-refractivity contribution in [2.45, 2.75) is 70.9 Å². The number of hydrogen-bond donors (Lipinski definition) is 2. The van der Waals surface area contributed by atoms with Crippen LogP contribution in [0.3, 0.4) is 0 Å². The van der Waals surface area contributed by atoms with Crippen LogP contribution in [0.1, 0.15) is 65.9 Å². The number of methoxy groups -OCH3 is 1. The normalized spacial score (nSPS) is 16.1. The Morgan fingerprint density at radius 1 is 1.04 bits per heavy atom. The van der Waals surface area contributed by atoms with E-state index in [0.717, 1.165) is 23.8 Å². The minimum absolute atomic E-state index is 0.00580. The van der Waals surface area contributed by atoms with Crippen molar-refractivity contribution in [1.82, 2.24) is 19.8 Å². The Bertz CT molecular complexity index is 1720. The summed E-state index contributed by atoms with van der Waals surface area (Å²) in [5.41, 5.74) is 0.383. The zero-order valence-corrected chi connectivity index (χ0v) is 26.9. The maximum Gasteiger partial charge on any atom is 0.387 e. The van der Waals surface area contributed by atoms with E-state index in [0.29, 0.717) is 18.7 Å². The number of amides is 2. The van der Waals surface area contributed by atoms with Gasteiger partial charge in [-0.3, -0.25) is 14.4 Å². The van der Waals surface area contributed by atoms with Crippen molar-refractivity contribution in [3.05, 3.63) is 69.6 Å². The Labute approximate surface area is 274 Å². The monoisotopic (exact) mass is 675 g/mol. The Hall–Kier alpha value is -4.50. The third-order valence-corrected chi connectivity index (χ3v) is 7.74. The summed E-state index contributed by atoms with van der Waals surface area (Å²) in [5, 5.41) is 5.91. The van der Waals surface area contributed by atoms with Gasteiger partial charge in [-0.1, -0.05) is 0 Å². The lowest BCUT2D eigenvalue weighted by Gasteiger charge is -2.39. The molecule has 2 N–H and O–H groups in total. The van der Waals surface area contributed by atoms with Gasteiger partial charge in [-0.25, -0.2) is 8.78 Å². The number of alkyl halides is 4. The van der Waals surface area contributed by atoms with Crippen LogP contribution < -0.4 is 25.7 Å². The topological polar surface area (TPSA) is 124 Å². The third kappa shape index (κ3) is 8.50. The molecule has 0 radical (unpaired) electrons. The van der Waals surface area contributed by atoms with Gasteiger partial charge in [0.25, 0.3) is 23.3 Å². The summed E-state index contributed by atoms with van der Waals surface area (Å²) in [5.74, 6) is -4.96. The fourth-order valence-corrected chi connectivity index (χ4v) is 5.21. The number of pyridine rings is 2. The molecule has 1 aliphatic carbocycles. The van der Waals surface area contributed by atoms with Gasteiger partial charge >= 0.3 is 6.61 Å². The highest BCUT2D eigenvalue weighted by molar-refractivity contribution is 6.05. The summed E-state index contributed by atoms with van der Waals surface area (Å²) in [6, 6.07) is 7.97. The molecule has 2 amide bonds. The first-order valence-electron chi connectivity index (χ1n) is 15.5. The maximum atomic E-state index is 13.6. The Kier molecular flexibility index (Phi) is 10.4. The van der Waals surface area contributed by atoms with E-state index in [2.05, 4.69) is 20.4 Å². The molecule has 3 aromatic rings. The van der Waals surface area contributed by atoms with Crippen LogP contribution in [0.5, 0.6) is 11.6 Å². The smallest absolute Gasteiger partial charge is 0.387 e. The zero-order chi connectivity index (χ0) is 34.7. The summed E-state index contributed by atoms with van der Waals surface area (Å²) < 4.78 is 70.4. The molecular weight excluding hydrogens is 638 g/mol. The SMILES string of the molecule is CO[C@@H](C)CNCc1cc(C(=O)Nc2cc(-c3ccc(OC(F)F)cc3C(=O)N3CC(F)(F)C3)cc(OC(C)C)n2)c(=O)n(C2CC2)c1. The predicted octanol–water partition coefficient (Wildman–Crippen LogP) is 5.10. The highest BCUT2D eigenvalue weighted by Crippen LogP contribution is 2.36. The summed E-state index contributed by atoms with van der Waals surface area (Å²) in [7, 11) is 1.60. The number of hydrogen-bond acceptors (Lipinski definition) is 8. The first-order valence-corrected chi connectivity index (χ1v) is 15.5. The van der Waals surface area contributed by atoms with Gasteiger partial charge in [0.2, 0.25) is 5.88 Å². The van der Waals surface area contributed by atoms with Crippen LogP contribution >= 0.6 is 0 Å². The molecule has 1 aliphatic heterocycles. The predicted molar refractivity (Wildman–Crippen MR) is 168 cm³/mol. The van der Waals surface area contributed by atoms with E-state index in [-0.39, 0.29) is 58.0 Å². The Balaban J connectivity index is 1.50. The van der Waals surface area contributed by atoms with E-state index in [4.69, 9.17) is 9.47 Å². The molecule has 15 heteroatoms. The number of carbonyl (C=O) groups excluding carboxylic acids is 2. The standard InChI is InChI=1S/C33H37F4N5O6/c1-18(2)47-28-11-21(24-8-7-23(48-32(34)35)12-25(24)30(44)41-16-33(36,37)17-41)10-27(39-28)40-29(43)26-9-20(14-38-13-19(3)46-4)15-42(31(26)45)22-5-6-22/h7-12,15,18-19,22,32,38H,5-6,13-14,16-17H2,1-4H3,(H,39,40,43)/t19-/m0/s1. The average molecular weight is 676 g/mol. The number of likely N-dealkylation sites (tertiary alicyclic amines) is 1. The van der Waals surface area contributed by atoms with Crippen molar-refractivity contribution >= 4 is 17.6 Å². The highest BCUT2D eigenvalue weighted by Gasteiger charge is 2.46. The summed E-state index contributed by atoms with van der Waals surface area (Å²) in [6.07, 6.45) is 2.96. The molecule has 5 rings (SSSR count). The molecule has 0 unspecified atom stereocenters. The summed E-state index contributed by atoms with van der Waals surface area (Å²) >= 11 is 0. The van der Waals surface area contributed by atoms with Gasteiger partial charge in [0.15, 0.2) is 0 Å². The van der Waals surface area contributed by atoms with Crippen molar-refractivity contribution in [3.63, 3.8) is 0 Å². The molecule has 2 fully saturated rings. The minimum Gasteiger partial charge on any atom is -0.475 e. The van der Waals surface area contributed by atoms with Crippen molar-refractivity contribution in [3.8, 4) is 22.8 Å². The highest BCUT2D eigenvalue weighted by atomic mass is 19.3. The molecule has 11 nitrogen and oxygen atoms in total. The van der Waals surface area contributed by atoms with Crippen LogP contribution in [0, 0.1) is 0 Å². The van der Waals surface area contributed by atoms with Crippen LogP contribution in [0.25, 0.3) is 11.1 Å². The molecule has 1 saturated heterocycles. The first kappa shape index (κ1) is 34.8. The second-order valence-electron chi connectivity index (χ2n) is 12.2. The number of carbonyl (C=O) groups is 2. The molecule has 258 valence electrons. The molecule has 0 bridgehead atoms. The lowest BCUT2D eigenvalue weighted by atomic mass is 9.97. The lowest BCUT2D eigenvalue weighted by molar-refractivity contribution is -0.113. The molecule has 48 heavy (non-hydrogen) atoms. The number of anilines is 1. The van der Waals surface area contributed by atoms with Crippen LogP contribution in [0.2, 0.25) is 0 Å². The molecular formula is C33H37F4N5O6. The van der Waals surface area contributed by atoms with E-state index in [1.165, 1.54) is 30.3 Å². The Morgan fingerprint density at radius 3 is 2.40 bits per heavy atom. The largest absolute Gasteiger partial charge is 0.475 e. The number of aromatic nitrogens is 2. The van der Waals surface area contributed by atoms with Crippen LogP contribution in [-0.2, 0) is 11.3 Å². The number of nitrogens with one attached hydrogen (secondary N) is 2. The number of nitrogens with zero attached hydrogens (tertiary/aromatic N) is 3. The number of ether oxygens (including phenoxy) is 3. The zero-order valence-electron chi connectivity index (χ0n) is 26.9. The van der Waals surface area contributed by atoms with E-state index in [9.17, 15) is 31.9 Å². The Morgan fingerprint density at radius 2 is 1.77 bits per heavy atom. The molecule has 1 atom stereocenters. The molecule has 1 aromatic carbocycles. The summed E-state index contributed by atoms with van der Waals surface area (Å²) in [6.45, 7) is 1.48. The van der Waals surface area contributed by atoms with Crippen molar-refractivity contribution in [2.75, 3.05) is 32.1 Å². The molecule has 0 spiro atoms. The fraction of sp³-hybridized carbons (Fsp3) is 0.455. The van der Waals surface area contributed by atoms with E-state index < -0.39 is 43.0 Å². The number of halogens is 4. The van der Waals surface area contributed by atoms with Crippen molar-refractivity contribution in [2.24, 2.45) is 0 Å². The average Bonchev–Trinajstić information content (AvgIpc) is 3.84. The fourth-order valence-electron chi connectivity index (χ4n) is 5.21. The maximum absolute atomic E-state index is 13.6. The van der Waals surface area contributed by atoms with Crippen LogP contribution in [0.15, 0.2) is 47.4 Å². The van der Waals surface area contributed by atoms with E-state index >= 15 is 0 Å². The molecule has 3 heterocycles. The van der Waals surface area contributed by atoms with Crippen LogP contribution in [0.4, 0.5) is 23.4 Å². The van der Waals surface area contributed by atoms with Gasteiger partial charge in [-0.2, -0.15) is 13.8 Å². The van der Waals surface area contributed by atoms with Gasteiger partial charge in [-0.15, -0.1) is 0 Å². The third-order valence-electron chi connectivity index (χ3n) is 7.74. The second kappa shape index (κ2) is 14.3. The van der Waals surface area contributed by atoms with Gasteiger partial charge in [-0.05, 0) is 80.6 Å². The van der Waals surface area contributed by atoms with Gasteiger partial charge in [0.05, 0.1) is 30.9 Å². The number of rotatable bonds is 14. The van der Waals surface area contributed by atoms with Crippen LogP contribution in [-0.4, -0.2) is 77.8 Å². The molecule has 1 saturated carbocycles. The molecule has 2 aromatic heterocycles. The van der Waals surface area contributed by atoms with Gasteiger partial charge in [0.1, 0.15) is 17.1 Å². The van der Waals surface area contributed by atoms with Gasteiger partial charge < -0.3 is 34.3 Å². The quantitative estimate of drug-likeness (QED) is 0.226. The van der Waals surface area contributed by atoms with Gasteiger partial charge in [0, 0.05) is 38.5 Å². The summed E-state index contributed by atoms with van der Waals surface area (Å²) in [4.78, 5) is 45.6. The minimum atomic E-state index is -3.19. The van der Waals surface area contributed by atoms with Crippen molar-refractivity contribution in [1.29, 1.82) is 0 Å². The van der Waals surface area contributed by atoms with Crippen molar-refractivity contribution < 1.29 is 41.4 Å². The second-order valence-corrected chi connectivity index (χ2v) is 12.2. The first-order chi connectivity index (χ1) is 22.7. The van der Waals surface area contributed by atoms with E-state index in [1.54, 1.807) is 31.7 Å². The number of benzene rings is 1. The lowest BCUT2D eigenvalue weighted by Crippen LogP contribution is -2.58.